The van der Waals surface area contributed by atoms with Gasteiger partial charge >= 0.3 is 17.9 Å². The molecule has 0 spiro atoms. The van der Waals surface area contributed by atoms with Gasteiger partial charge in [-0.25, -0.2) is 14.2 Å². The summed E-state index contributed by atoms with van der Waals surface area (Å²) in [5.41, 5.74) is 0.919. The molecule has 1 aliphatic carbocycles. The second kappa shape index (κ2) is 9.71. The van der Waals surface area contributed by atoms with E-state index in [1.165, 1.54) is 24.4 Å². The number of nitrogens with one attached hydrogen (secondary N) is 1. The molecule has 1 saturated carbocycles. The fraction of sp³-hybridized carbons (Fsp3) is 0.542. The number of nitrogens with zero attached hydrogens (tertiary/aromatic N) is 3. The van der Waals surface area contributed by atoms with Gasteiger partial charge in [-0.15, -0.1) is 0 Å². The fourth-order valence-electron chi connectivity index (χ4n) is 4.88. The summed E-state index contributed by atoms with van der Waals surface area (Å²) < 4.78 is 89.8. The number of hydrogen-bond donors (Lipinski definition) is 1. The van der Waals surface area contributed by atoms with Crippen LogP contribution in [0.4, 0.5) is 38.3 Å². The third kappa shape index (κ3) is 4.65. The van der Waals surface area contributed by atoms with Gasteiger partial charge in [0.15, 0.2) is 11.9 Å². The molecule has 1 N–H and O–H groups in total. The van der Waals surface area contributed by atoms with Crippen LogP contribution in [0.5, 0.6) is 11.6 Å². The number of aryl methyl sites for hydroxylation is 1. The Labute approximate surface area is 214 Å². The first-order chi connectivity index (χ1) is 18.0. The van der Waals surface area contributed by atoms with Crippen LogP contribution in [-0.4, -0.2) is 77.4 Å². The van der Waals surface area contributed by atoms with E-state index in [1.807, 2.05) is 0 Å². The highest BCUT2D eigenvalue weighted by molar-refractivity contribution is 5.69. The van der Waals surface area contributed by atoms with Gasteiger partial charge in [-0.2, -0.15) is 22.5 Å². The van der Waals surface area contributed by atoms with Gasteiger partial charge in [-0.1, -0.05) is 6.07 Å². The van der Waals surface area contributed by atoms with E-state index in [2.05, 4.69) is 15.3 Å². The Kier molecular flexibility index (Phi) is 6.70. The van der Waals surface area contributed by atoms with Crippen LogP contribution < -0.4 is 14.8 Å². The van der Waals surface area contributed by atoms with Crippen LogP contribution in [0.15, 0.2) is 24.5 Å². The number of aromatic nitrogens is 2. The molecule has 1 amide bonds. The van der Waals surface area contributed by atoms with Crippen molar-refractivity contribution < 1.29 is 45.7 Å². The number of fused-ring (bicyclic) bond motifs is 2. The number of carbonyl (C=O) groups excluding carboxylic acids is 1. The zero-order chi connectivity index (χ0) is 27.2. The molecule has 5 rings (SSSR count). The van der Waals surface area contributed by atoms with Crippen molar-refractivity contribution in [3.05, 3.63) is 35.9 Å². The maximum atomic E-state index is 14.4. The molecular weight excluding hydrogens is 519 g/mol. The van der Waals surface area contributed by atoms with Crippen molar-refractivity contribution in [2.45, 2.75) is 62.3 Å². The van der Waals surface area contributed by atoms with E-state index in [9.17, 15) is 26.7 Å². The predicted octanol–water partition coefficient (Wildman–Crippen LogP) is 4.47. The van der Waals surface area contributed by atoms with E-state index in [0.29, 0.717) is 0 Å². The number of rotatable bonds is 6. The minimum absolute atomic E-state index is 0.0777. The molecule has 38 heavy (non-hydrogen) atoms. The molecule has 14 heteroatoms. The van der Waals surface area contributed by atoms with Crippen LogP contribution in [0, 0.1) is 12.7 Å². The molecule has 3 heterocycles. The maximum absolute atomic E-state index is 14.4. The predicted molar refractivity (Wildman–Crippen MR) is 122 cm³/mol. The summed E-state index contributed by atoms with van der Waals surface area (Å²) in [6, 6.07) is 3.46. The normalized spacial score (nSPS) is 27.2. The van der Waals surface area contributed by atoms with Crippen molar-refractivity contribution >= 4 is 17.6 Å². The van der Waals surface area contributed by atoms with Gasteiger partial charge in [-0.05, 0) is 24.6 Å². The second-order valence-corrected chi connectivity index (χ2v) is 9.54. The Bertz CT molecular complexity index is 1200. The third-order valence-corrected chi connectivity index (χ3v) is 6.90. The lowest BCUT2D eigenvalue weighted by Gasteiger charge is -2.49. The number of carbonyl (C=O) groups is 1. The minimum atomic E-state index is -4.41. The number of methoxy groups -OCH3 is 1. The number of morpholine rings is 1. The highest BCUT2D eigenvalue weighted by Crippen LogP contribution is 2.53. The third-order valence-electron chi connectivity index (χ3n) is 6.90. The number of anilines is 2. The molecule has 3 atom stereocenters. The van der Waals surface area contributed by atoms with E-state index in [4.69, 9.17) is 18.9 Å². The van der Waals surface area contributed by atoms with E-state index >= 15 is 0 Å². The molecule has 3 fully saturated rings. The molecular formula is C24H25F5N4O5. The number of piperidine rings is 1. The first kappa shape index (κ1) is 26.2. The molecule has 2 aromatic rings. The Morgan fingerprint density at radius 3 is 2.47 bits per heavy atom. The van der Waals surface area contributed by atoms with Crippen molar-refractivity contribution in [3.8, 4) is 11.6 Å². The zero-order valence-corrected chi connectivity index (χ0v) is 20.4. The summed E-state index contributed by atoms with van der Waals surface area (Å²) >= 11 is 0. The molecule has 9 nitrogen and oxygen atoms in total. The molecule has 0 radical (unpaired) electrons. The number of ether oxygens (including phenoxy) is 4. The van der Waals surface area contributed by atoms with Crippen LogP contribution in [0.3, 0.4) is 0 Å². The summed E-state index contributed by atoms with van der Waals surface area (Å²) in [5.74, 6) is -8.72. The quantitative estimate of drug-likeness (QED) is 0.533. The molecule has 1 aromatic heterocycles. The Hall–Kier alpha value is -3.42. The summed E-state index contributed by atoms with van der Waals surface area (Å²) in [7, 11) is 1.38. The Morgan fingerprint density at radius 1 is 1.16 bits per heavy atom. The largest absolute Gasteiger partial charge is 0.489 e. The molecule has 2 aliphatic heterocycles. The molecule has 206 valence electrons. The van der Waals surface area contributed by atoms with Gasteiger partial charge in [0.25, 0.3) is 5.88 Å². The van der Waals surface area contributed by atoms with Gasteiger partial charge in [0.05, 0.1) is 44.5 Å². The van der Waals surface area contributed by atoms with Crippen molar-refractivity contribution in [2.75, 3.05) is 25.6 Å². The van der Waals surface area contributed by atoms with Gasteiger partial charge < -0.3 is 24.3 Å². The van der Waals surface area contributed by atoms with E-state index in [-0.39, 0.29) is 49.2 Å². The van der Waals surface area contributed by atoms with Crippen molar-refractivity contribution in [1.82, 2.24) is 14.9 Å². The summed E-state index contributed by atoms with van der Waals surface area (Å²) in [4.78, 5) is 22.2. The molecule has 3 unspecified atom stereocenters. The van der Waals surface area contributed by atoms with Crippen LogP contribution >= 0.6 is 0 Å². The highest BCUT2D eigenvalue weighted by Gasteiger charge is 2.74. The second-order valence-electron chi connectivity index (χ2n) is 9.54. The van der Waals surface area contributed by atoms with Gasteiger partial charge in [0.1, 0.15) is 18.2 Å². The topological polar surface area (TPSA) is 95.0 Å². The average molecular weight is 544 g/mol. The van der Waals surface area contributed by atoms with E-state index < -0.39 is 54.5 Å². The lowest BCUT2D eigenvalue weighted by Crippen LogP contribution is -2.66. The van der Waals surface area contributed by atoms with Gasteiger partial charge in [0, 0.05) is 12.8 Å². The SMILES string of the molecule is COc1c(Nc2ccc(C)cc2F)ncnc1OC1CC2COCC(C1)N2C(=O)OC1CC(F)(F)C1(F)F. The fourth-order valence-corrected chi connectivity index (χ4v) is 4.88. The number of hydrogen-bond acceptors (Lipinski definition) is 8. The summed E-state index contributed by atoms with van der Waals surface area (Å²) in [6.07, 6.45) is -3.31. The highest BCUT2D eigenvalue weighted by atomic mass is 19.3. The molecule has 2 bridgehead atoms. The standard InChI is InChI=1S/C24H25F5N4O5/c1-12-3-4-17(16(25)5-12)32-20-19(35-2)21(31-11-30-20)37-15-6-13-9-36-10-14(7-15)33(13)22(34)38-18-8-23(26,27)24(18,28)29/h3-5,11,13-15,18H,6-10H2,1-2H3,(H,30,31,32). The van der Waals surface area contributed by atoms with Gasteiger partial charge in [0.2, 0.25) is 5.75 Å². The summed E-state index contributed by atoms with van der Waals surface area (Å²) in [5, 5.41) is 2.86. The minimum Gasteiger partial charge on any atom is -0.489 e. The summed E-state index contributed by atoms with van der Waals surface area (Å²) in [6.45, 7) is 1.93. The lowest BCUT2D eigenvalue weighted by atomic mass is 9.85. The van der Waals surface area contributed by atoms with E-state index in [1.54, 1.807) is 19.1 Å². The number of alkyl halides is 4. The van der Waals surface area contributed by atoms with Crippen LogP contribution in [-0.2, 0) is 9.47 Å². The number of benzene rings is 1. The maximum Gasteiger partial charge on any atom is 0.410 e. The first-order valence-corrected chi connectivity index (χ1v) is 11.9. The van der Waals surface area contributed by atoms with Crippen LogP contribution in [0.25, 0.3) is 0 Å². The van der Waals surface area contributed by atoms with Crippen molar-refractivity contribution in [2.24, 2.45) is 0 Å². The average Bonchev–Trinajstić information content (AvgIpc) is 2.85. The monoisotopic (exact) mass is 544 g/mol. The lowest BCUT2D eigenvalue weighted by molar-refractivity contribution is -0.331. The number of halogens is 5. The Balaban J connectivity index is 1.28. The van der Waals surface area contributed by atoms with Crippen LogP contribution in [0.1, 0.15) is 24.8 Å². The van der Waals surface area contributed by atoms with Gasteiger partial charge in [-0.3, -0.25) is 4.90 Å². The Morgan fingerprint density at radius 2 is 1.87 bits per heavy atom. The van der Waals surface area contributed by atoms with Crippen LogP contribution in [0.2, 0.25) is 0 Å². The molecule has 2 saturated heterocycles. The zero-order valence-electron chi connectivity index (χ0n) is 20.4. The first-order valence-electron chi connectivity index (χ1n) is 11.9. The number of amides is 1. The molecule has 1 aromatic carbocycles. The van der Waals surface area contributed by atoms with E-state index in [0.717, 1.165) is 5.56 Å². The molecule has 3 aliphatic rings. The van der Waals surface area contributed by atoms with Crippen molar-refractivity contribution in [3.63, 3.8) is 0 Å². The van der Waals surface area contributed by atoms with Crippen molar-refractivity contribution in [1.29, 1.82) is 0 Å². The smallest absolute Gasteiger partial charge is 0.410 e.